The third-order valence-electron chi connectivity index (χ3n) is 4.28. The molecule has 0 aliphatic heterocycles. The van der Waals surface area contributed by atoms with Crippen LogP contribution >= 0.6 is 0 Å². The van der Waals surface area contributed by atoms with E-state index in [2.05, 4.69) is 10.4 Å². The number of imidazole rings is 1. The Labute approximate surface area is 155 Å². The summed E-state index contributed by atoms with van der Waals surface area (Å²) in [5.41, 5.74) is 2.78. The summed E-state index contributed by atoms with van der Waals surface area (Å²) in [5.74, 6) is -0.455. The van der Waals surface area contributed by atoms with Crippen LogP contribution in [0.4, 0.5) is 5.69 Å². The number of hydrogen-bond donors (Lipinski definition) is 1. The number of nitrogens with zero attached hydrogens (tertiary/aromatic N) is 4. The number of anilines is 1. The van der Waals surface area contributed by atoms with Crippen molar-refractivity contribution >= 4 is 11.6 Å². The second-order valence-corrected chi connectivity index (χ2v) is 6.00. The average molecular weight is 359 g/mol. The van der Waals surface area contributed by atoms with Gasteiger partial charge in [0, 0.05) is 25.0 Å². The first-order valence-corrected chi connectivity index (χ1v) is 8.42. The number of nitrogens with one attached hydrogen (secondary N) is 1. The number of hydrogen-bond acceptors (Lipinski definition) is 3. The second-order valence-electron chi connectivity index (χ2n) is 6.00. The Morgan fingerprint density at radius 3 is 2.44 bits per heavy atom. The van der Waals surface area contributed by atoms with Crippen molar-refractivity contribution in [3.63, 3.8) is 0 Å². The predicted octanol–water partition coefficient (Wildman–Crippen LogP) is 2.86. The van der Waals surface area contributed by atoms with Crippen LogP contribution in [0.25, 0.3) is 11.4 Å². The van der Waals surface area contributed by atoms with E-state index in [1.807, 2.05) is 54.7 Å². The van der Waals surface area contributed by atoms with Crippen LogP contribution in [0.15, 0.2) is 79.4 Å². The molecule has 0 aliphatic rings. The molecule has 0 unspecified atom stereocenters. The smallest absolute Gasteiger partial charge is 0.300 e. The van der Waals surface area contributed by atoms with Gasteiger partial charge in [-0.3, -0.25) is 4.79 Å². The number of carbonyl (C=O) groups is 1. The molecule has 27 heavy (non-hydrogen) atoms. The van der Waals surface area contributed by atoms with E-state index in [1.54, 1.807) is 34.5 Å². The van der Waals surface area contributed by atoms with E-state index in [0.29, 0.717) is 16.1 Å². The van der Waals surface area contributed by atoms with E-state index >= 15 is 0 Å². The summed E-state index contributed by atoms with van der Waals surface area (Å²) < 4.78 is 4.00. The Balaban J connectivity index is 1.75. The van der Waals surface area contributed by atoms with Crippen molar-refractivity contribution in [3.8, 4) is 11.4 Å². The van der Waals surface area contributed by atoms with E-state index < -0.39 is 5.91 Å². The third kappa shape index (κ3) is 3.06. The normalized spacial score (nSPS) is 10.7. The molecule has 4 rings (SSSR count). The highest BCUT2D eigenvalue weighted by Crippen LogP contribution is 2.21. The molecule has 2 heterocycles. The van der Waals surface area contributed by atoms with Crippen molar-refractivity contribution in [2.75, 3.05) is 5.32 Å². The van der Waals surface area contributed by atoms with Crippen LogP contribution in [-0.2, 0) is 0 Å². The Bertz CT molecular complexity index is 1090. The van der Waals surface area contributed by atoms with E-state index in [4.69, 9.17) is 0 Å². The molecule has 0 saturated carbocycles. The predicted molar refractivity (Wildman–Crippen MR) is 101 cm³/mol. The van der Waals surface area contributed by atoms with Gasteiger partial charge in [0.25, 0.3) is 12.2 Å². The van der Waals surface area contributed by atoms with Gasteiger partial charge in [0.1, 0.15) is 5.69 Å². The highest BCUT2D eigenvalue weighted by Gasteiger charge is 2.26. The SMILES string of the molecule is Cc1c(C(=O)Nc2ccccc2)[n+]([O-])cn1-c1ccccc1-n1cccn1. The molecular weight excluding hydrogens is 342 g/mol. The van der Waals surface area contributed by atoms with Gasteiger partial charge in [-0.2, -0.15) is 9.67 Å². The molecule has 0 fully saturated rings. The van der Waals surface area contributed by atoms with Crippen LogP contribution in [0.3, 0.4) is 0 Å². The Morgan fingerprint density at radius 2 is 1.74 bits per heavy atom. The molecule has 0 aliphatic carbocycles. The fraction of sp³-hybridized carbons (Fsp3) is 0.0500. The van der Waals surface area contributed by atoms with Crippen molar-refractivity contribution in [1.82, 2.24) is 14.3 Å². The lowest BCUT2D eigenvalue weighted by molar-refractivity contribution is -0.606. The minimum Gasteiger partial charge on any atom is -0.710 e. The Morgan fingerprint density at radius 1 is 1.04 bits per heavy atom. The zero-order chi connectivity index (χ0) is 18.8. The van der Waals surface area contributed by atoms with Crippen LogP contribution in [-0.4, -0.2) is 20.3 Å². The van der Waals surface area contributed by atoms with Crippen LogP contribution in [0, 0.1) is 12.1 Å². The van der Waals surface area contributed by atoms with Crippen molar-refractivity contribution in [2.24, 2.45) is 0 Å². The summed E-state index contributed by atoms with van der Waals surface area (Å²) >= 11 is 0. The standard InChI is InChI=1S/C20H17N5O2/c1-15-19(20(26)22-16-8-3-2-4-9-16)25(27)14-23(15)17-10-5-6-11-18(17)24-13-7-12-21-24/h2-14H,1H3,(H,22,26). The van der Waals surface area contributed by atoms with E-state index in [9.17, 15) is 10.0 Å². The van der Waals surface area contributed by atoms with E-state index in [0.717, 1.165) is 11.4 Å². The summed E-state index contributed by atoms with van der Waals surface area (Å²) in [7, 11) is 0. The first-order chi connectivity index (χ1) is 13.1. The number of para-hydroxylation sites is 3. The fourth-order valence-corrected chi connectivity index (χ4v) is 3.01. The lowest BCUT2D eigenvalue weighted by atomic mass is 10.2. The first kappa shape index (κ1) is 16.6. The van der Waals surface area contributed by atoms with Gasteiger partial charge in [-0.1, -0.05) is 30.3 Å². The van der Waals surface area contributed by atoms with Gasteiger partial charge in [0.2, 0.25) is 5.69 Å². The number of benzene rings is 2. The molecule has 7 nitrogen and oxygen atoms in total. The minimum atomic E-state index is -0.455. The largest absolute Gasteiger partial charge is 0.710 e. The molecule has 0 saturated heterocycles. The number of aromatic nitrogens is 4. The molecule has 134 valence electrons. The summed E-state index contributed by atoms with van der Waals surface area (Å²) in [6.45, 7) is 1.74. The topological polar surface area (TPSA) is 78.8 Å². The Kier molecular flexibility index (Phi) is 4.18. The van der Waals surface area contributed by atoms with Gasteiger partial charge in [-0.15, -0.1) is 0 Å². The van der Waals surface area contributed by atoms with Crippen LogP contribution in [0.5, 0.6) is 0 Å². The zero-order valence-corrected chi connectivity index (χ0v) is 14.6. The molecule has 4 aromatic rings. The van der Waals surface area contributed by atoms with Gasteiger partial charge in [-0.05, 0) is 30.3 Å². The van der Waals surface area contributed by atoms with Crippen molar-refractivity contribution in [2.45, 2.75) is 6.92 Å². The first-order valence-electron chi connectivity index (χ1n) is 8.42. The van der Waals surface area contributed by atoms with Crippen LogP contribution in [0.2, 0.25) is 0 Å². The van der Waals surface area contributed by atoms with Gasteiger partial charge in [0.05, 0.1) is 0 Å². The lowest BCUT2D eigenvalue weighted by Gasteiger charge is -2.07. The molecule has 1 N–H and O–H groups in total. The number of amides is 1. The molecule has 0 radical (unpaired) electrons. The van der Waals surface area contributed by atoms with Crippen LogP contribution < -0.4 is 10.0 Å². The minimum absolute atomic E-state index is 0.0501. The van der Waals surface area contributed by atoms with Crippen molar-refractivity contribution in [1.29, 1.82) is 0 Å². The summed E-state index contributed by atoms with van der Waals surface area (Å²) in [6, 6.07) is 18.4. The number of rotatable bonds is 4. The highest BCUT2D eigenvalue weighted by molar-refractivity contribution is 6.02. The van der Waals surface area contributed by atoms with Crippen molar-refractivity contribution < 1.29 is 9.52 Å². The van der Waals surface area contributed by atoms with Gasteiger partial charge < -0.3 is 10.5 Å². The lowest BCUT2D eigenvalue weighted by Crippen LogP contribution is -2.34. The van der Waals surface area contributed by atoms with Gasteiger partial charge >= 0.3 is 0 Å². The summed E-state index contributed by atoms with van der Waals surface area (Å²) in [5, 5.41) is 19.5. The zero-order valence-electron chi connectivity index (χ0n) is 14.6. The molecule has 2 aromatic heterocycles. The molecule has 0 bridgehead atoms. The van der Waals surface area contributed by atoms with Crippen LogP contribution in [0.1, 0.15) is 16.2 Å². The van der Waals surface area contributed by atoms with Gasteiger partial charge in [0.15, 0.2) is 11.4 Å². The summed E-state index contributed by atoms with van der Waals surface area (Å²) in [4.78, 5) is 12.7. The van der Waals surface area contributed by atoms with E-state index in [-0.39, 0.29) is 5.69 Å². The highest BCUT2D eigenvalue weighted by atomic mass is 16.5. The third-order valence-corrected chi connectivity index (χ3v) is 4.28. The fourth-order valence-electron chi connectivity index (χ4n) is 3.01. The second kappa shape index (κ2) is 6.80. The van der Waals surface area contributed by atoms with Gasteiger partial charge in [-0.25, -0.2) is 9.41 Å². The number of carbonyl (C=O) groups excluding carboxylic acids is 1. The van der Waals surface area contributed by atoms with Crippen molar-refractivity contribution in [3.05, 3.63) is 96.0 Å². The quantitative estimate of drug-likeness (QED) is 0.449. The Hall–Kier alpha value is -3.87. The molecule has 7 heteroatoms. The van der Waals surface area contributed by atoms with E-state index in [1.165, 1.54) is 6.33 Å². The molecule has 2 aromatic carbocycles. The monoisotopic (exact) mass is 359 g/mol. The maximum Gasteiger partial charge on any atom is 0.300 e. The maximum atomic E-state index is 12.7. The molecular formula is C20H17N5O2. The maximum absolute atomic E-state index is 12.7. The summed E-state index contributed by atoms with van der Waals surface area (Å²) in [6.07, 6.45) is 4.87. The molecule has 0 atom stereocenters. The average Bonchev–Trinajstić information content (AvgIpc) is 3.31. The molecule has 1 amide bonds. The molecule has 0 spiro atoms.